The first-order valence-corrected chi connectivity index (χ1v) is 12.8. The number of pyridine rings is 1. The average molecular weight is 505 g/mol. The van der Waals surface area contributed by atoms with E-state index in [4.69, 9.17) is 11.6 Å². The van der Waals surface area contributed by atoms with Crippen molar-refractivity contribution in [1.29, 1.82) is 0 Å². The van der Waals surface area contributed by atoms with Crippen molar-refractivity contribution in [3.8, 4) is 0 Å². The van der Waals surface area contributed by atoms with Crippen molar-refractivity contribution in [3.05, 3.63) is 82.0 Å². The van der Waals surface area contributed by atoms with Crippen LogP contribution >= 0.6 is 22.9 Å². The van der Waals surface area contributed by atoms with Crippen LogP contribution in [0.5, 0.6) is 0 Å². The Hall–Kier alpha value is -2.79. The van der Waals surface area contributed by atoms with Crippen molar-refractivity contribution < 1.29 is 18.0 Å². The maximum absolute atomic E-state index is 13.1. The summed E-state index contributed by atoms with van der Waals surface area (Å²) in [6, 6.07) is 13.2. The average Bonchev–Trinajstić information content (AvgIpc) is 3.33. The summed E-state index contributed by atoms with van der Waals surface area (Å²) in [7, 11) is -3.68. The zero-order chi connectivity index (χ0) is 23.4. The van der Waals surface area contributed by atoms with Gasteiger partial charge in [0.05, 0.1) is 12.1 Å². The summed E-state index contributed by atoms with van der Waals surface area (Å²) >= 11 is 6.96. The number of hydrogen-bond donors (Lipinski definition) is 1. The molecule has 0 atom stereocenters. The van der Waals surface area contributed by atoms with Crippen molar-refractivity contribution in [2.24, 2.45) is 0 Å². The van der Waals surface area contributed by atoms with E-state index in [1.54, 1.807) is 59.6 Å². The van der Waals surface area contributed by atoms with Crippen LogP contribution in [-0.4, -0.2) is 60.6 Å². The number of carbonyl (C=O) groups is 2. The molecule has 1 aliphatic rings. The lowest BCUT2D eigenvalue weighted by molar-refractivity contribution is 0.0697. The largest absolute Gasteiger partial charge is 0.347 e. The Balaban J connectivity index is 1.34. The summed E-state index contributed by atoms with van der Waals surface area (Å²) in [5.74, 6) is -0.422. The molecule has 4 rings (SSSR count). The van der Waals surface area contributed by atoms with Crippen LogP contribution in [0.4, 0.5) is 0 Å². The Labute approximate surface area is 200 Å². The highest BCUT2D eigenvalue weighted by Crippen LogP contribution is 2.26. The van der Waals surface area contributed by atoms with Gasteiger partial charge in [-0.25, -0.2) is 8.42 Å². The van der Waals surface area contributed by atoms with Gasteiger partial charge in [0.15, 0.2) is 0 Å². The fourth-order valence-corrected chi connectivity index (χ4v) is 6.39. The van der Waals surface area contributed by atoms with E-state index in [2.05, 4.69) is 10.3 Å². The molecule has 3 heterocycles. The molecule has 3 aromatic rings. The molecule has 2 amide bonds. The van der Waals surface area contributed by atoms with Crippen LogP contribution in [0.15, 0.2) is 65.1 Å². The van der Waals surface area contributed by atoms with Gasteiger partial charge in [-0.15, -0.1) is 11.3 Å². The van der Waals surface area contributed by atoms with E-state index in [0.717, 1.165) is 16.2 Å². The van der Waals surface area contributed by atoms with E-state index in [1.165, 1.54) is 10.5 Å². The molecule has 0 bridgehead atoms. The summed E-state index contributed by atoms with van der Waals surface area (Å²) in [6.45, 7) is 1.27. The first-order chi connectivity index (χ1) is 15.8. The fraction of sp³-hybridized carbons (Fsp3) is 0.227. The number of piperazine rings is 1. The van der Waals surface area contributed by atoms with Crippen LogP contribution in [0.1, 0.15) is 25.6 Å². The first kappa shape index (κ1) is 23.4. The summed E-state index contributed by atoms with van der Waals surface area (Å²) < 4.78 is 27.7. The second-order valence-electron chi connectivity index (χ2n) is 7.35. The van der Waals surface area contributed by atoms with E-state index in [1.807, 2.05) is 0 Å². The lowest BCUT2D eigenvalue weighted by Gasteiger charge is -2.33. The molecule has 0 saturated carbocycles. The van der Waals surface area contributed by atoms with Gasteiger partial charge in [0.25, 0.3) is 21.8 Å². The minimum Gasteiger partial charge on any atom is -0.347 e. The Morgan fingerprint density at radius 3 is 2.39 bits per heavy atom. The predicted octanol–water partition coefficient (Wildman–Crippen LogP) is 2.87. The number of benzene rings is 1. The van der Waals surface area contributed by atoms with Gasteiger partial charge >= 0.3 is 0 Å². The second-order valence-corrected chi connectivity index (χ2v) is 11.1. The number of amides is 2. The van der Waals surface area contributed by atoms with Gasteiger partial charge in [0.2, 0.25) is 0 Å². The van der Waals surface area contributed by atoms with Crippen molar-refractivity contribution in [2.45, 2.75) is 10.8 Å². The number of sulfonamides is 1. The molecule has 1 N–H and O–H groups in total. The molecular weight excluding hydrogens is 484 g/mol. The maximum Gasteiger partial charge on any atom is 0.255 e. The number of aromatic nitrogens is 1. The highest BCUT2D eigenvalue weighted by molar-refractivity contribution is 7.91. The Bertz CT molecular complexity index is 1240. The lowest BCUT2D eigenvalue weighted by atomic mass is 10.2. The third kappa shape index (κ3) is 5.41. The van der Waals surface area contributed by atoms with Crippen molar-refractivity contribution in [3.63, 3.8) is 0 Å². The smallest absolute Gasteiger partial charge is 0.255 e. The molecule has 0 aliphatic carbocycles. The molecule has 0 radical (unpaired) electrons. The topological polar surface area (TPSA) is 99.7 Å². The lowest BCUT2D eigenvalue weighted by Crippen LogP contribution is -2.50. The molecule has 11 heteroatoms. The Morgan fingerprint density at radius 2 is 1.73 bits per heavy atom. The Morgan fingerprint density at radius 1 is 1.00 bits per heavy atom. The van der Waals surface area contributed by atoms with Gasteiger partial charge in [-0.3, -0.25) is 14.6 Å². The molecule has 2 aromatic heterocycles. The number of thiophene rings is 1. The molecule has 0 spiro atoms. The van der Waals surface area contributed by atoms with Gasteiger partial charge in [-0.05, 0) is 48.5 Å². The van der Waals surface area contributed by atoms with E-state index in [-0.39, 0.29) is 35.7 Å². The zero-order valence-electron chi connectivity index (χ0n) is 17.5. The third-order valence-electron chi connectivity index (χ3n) is 5.20. The van der Waals surface area contributed by atoms with Crippen LogP contribution in [0, 0.1) is 0 Å². The van der Waals surface area contributed by atoms with Crippen LogP contribution in [0.3, 0.4) is 0 Å². The normalized spacial score (nSPS) is 14.8. The number of rotatable bonds is 6. The fourth-order valence-electron chi connectivity index (χ4n) is 3.39. The van der Waals surface area contributed by atoms with Crippen molar-refractivity contribution in [2.75, 3.05) is 26.2 Å². The Kier molecular flexibility index (Phi) is 7.08. The summed E-state index contributed by atoms with van der Waals surface area (Å²) in [5.41, 5.74) is 0.958. The summed E-state index contributed by atoms with van der Waals surface area (Å²) in [4.78, 5) is 31.1. The van der Waals surface area contributed by atoms with Gasteiger partial charge in [0.1, 0.15) is 4.21 Å². The molecular formula is C22H21ClN4O4S2. The van der Waals surface area contributed by atoms with Crippen molar-refractivity contribution in [1.82, 2.24) is 19.5 Å². The molecule has 1 aliphatic heterocycles. The van der Waals surface area contributed by atoms with Gasteiger partial charge in [-0.1, -0.05) is 11.6 Å². The van der Waals surface area contributed by atoms with E-state index in [0.29, 0.717) is 29.2 Å². The molecule has 8 nitrogen and oxygen atoms in total. The van der Waals surface area contributed by atoms with Gasteiger partial charge < -0.3 is 10.2 Å². The highest BCUT2D eigenvalue weighted by atomic mass is 35.5. The number of carbonyl (C=O) groups excluding carboxylic acids is 2. The first-order valence-electron chi connectivity index (χ1n) is 10.2. The molecule has 33 heavy (non-hydrogen) atoms. The number of nitrogens with one attached hydrogen (secondary N) is 1. The summed E-state index contributed by atoms with van der Waals surface area (Å²) in [6.07, 6.45) is 3.10. The van der Waals surface area contributed by atoms with Crippen LogP contribution < -0.4 is 5.32 Å². The summed E-state index contributed by atoms with van der Waals surface area (Å²) in [5, 5.41) is 3.33. The van der Waals surface area contributed by atoms with Crippen LogP contribution in [0.25, 0.3) is 0 Å². The quantitative estimate of drug-likeness (QED) is 0.556. The standard InChI is InChI=1S/C22H21ClN4O4S2/c23-18-5-3-16(4-6-18)21(28)25-15-19-7-8-20(32-19)33(30,31)27-12-10-26(11-13-27)22(29)17-2-1-9-24-14-17/h1-9,14H,10-13,15H2,(H,25,28). The van der Waals surface area contributed by atoms with Crippen molar-refractivity contribution >= 4 is 44.8 Å². The molecule has 1 saturated heterocycles. The highest BCUT2D eigenvalue weighted by Gasteiger charge is 2.31. The predicted molar refractivity (Wildman–Crippen MR) is 126 cm³/mol. The zero-order valence-corrected chi connectivity index (χ0v) is 19.9. The van der Waals surface area contributed by atoms with Crippen LogP contribution in [-0.2, 0) is 16.6 Å². The van der Waals surface area contributed by atoms with Gasteiger partial charge in [-0.2, -0.15) is 4.31 Å². The van der Waals surface area contributed by atoms with Gasteiger partial charge in [0, 0.05) is 54.0 Å². The molecule has 0 unspecified atom stereocenters. The van der Waals surface area contributed by atoms with E-state index < -0.39 is 10.0 Å². The molecule has 1 aromatic carbocycles. The van der Waals surface area contributed by atoms with E-state index >= 15 is 0 Å². The monoisotopic (exact) mass is 504 g/mol. The van der Waals surface area contributed by atoms with E-state index in [9.17, 15) is 18.0 Å². The third-order valence-corrected chi connectivity index (χ3v) is 8.90. The molecule has 172 valence electrons. The second kappa shape index (κ2) is 10.0. The number of hydrogen-bond acceptors (Lipinski definition) is 6. The minimum atomic E-state index is -3.68. The molecule has 1 fully saturated rings. The maximum atomic E-state index is 13.1. The number of nitrogens with zero attached hydrogens (tertiary/aromatic N) is 3. The minimum absolute atomic E-state index is 0.157. The number of halogens is 1. The van der Waals surface area contributed by atoms with Crippen LogP contribution in [0.2, 0.25) is 5.02 Å². The SMILES string of the molecule is O=C(NCc1ccc(S(=O)(=O)N2CCN(C(=O)c3cccnc3)CC2)s1)c1ccc(Cl)cc1.